The van der Waals surface area contributed by atoms with Crippen LogP contribution in [-0.2, 0) is 4.79 Å². The molecule has 4 heterocycles. The Hall–Kier alpha value is -4.18. The minimum atomic E-state index is -0.902. The molecule has 1 atom stereocenters. The SMILES string of the molecule is CCN(C)C(=O)c1ccc(-c2ccc3c(n2)Oc2nc(C)ccc2[C@@H]3C(C)(C)C(=O)Nc2nnc(C)s2)cc1. The second kappa shape index (κ2) is 10.2. The number of pyridine rings is 2. The molecule has 39 heavy (non-hydrogen) atoms. The molecule has 1 aliphatic rings. The summed E-state index contributed by atoms with van der Waals surface area (Å²) < 4.78 is 6.22. The monoisotopic (exact) mass is 542 g/mol. The summed E-state index contributed by atoms with van der Waals surface area (Å²) in [6.45, 7) is 10.1. The van der Waals surface area contributed by atoms with E-state index in [4.69, 9.17) is 9.72 Å². The van der Waals surface area contributed by atoms with E-state index in [0.29, 0.717) is 34.7 Å². The van der Waals surface area contributed by atoms with Gasteiger partial charge >= 0.3 is 0 Å². The number of carbonyl (C=O) groups is 2. The summed E-state index contributed by atoms with van der Waals surface area (Å²) in [6.07, 6.45) is 0. The number of anilines is 1. The lowest BCUT2D eigenvalue weighted by Crippen LogP contribution is -2.38. The van der Waals surface area contributed by atoms with E-state index in [1.165, 1.54) is 11.3 Å². The molecular formula is C29H30N6O3S. The van der Waals surface area contributed by atoms with Crippen LogP contribution in [0.4, 0.5) is 5.13 Å². The third-order valence-corrected chi connectivity index (χ3v) is 7.79. The first-order chi connectivity index (χ1) is 18.6. The number of nitrogens with one attached hydrogen (secondary N) is 1. The van der Waals surface area contributed by atoms with Crippen LogP contribution >= 0.6 is 11.3 Å². The number of amides is 2. The summed E-state index contributed by atoms with van der Waals surface area (Å²) in [5.41, 5.74) is 3.67. The van der Waals surface area contributed by atoms with Gasteiger partial charge in [0.2, 0.25) is 22.8 Å². The normalized spacial score (nSPS) is 14.2. The number of aryl methyl sites for hydroxylation is 2. The zero-order valence-electron chi connectivity index (χ0n) is 22.8. The molecule has 0 saturated heterocycles. The molecule has 0 fully saturated rings. The van der Waals surface area contributed by atoms with Crippen molar-refractivity contribution in [2.75, 3.05) is 18.9 Å². The Morgan fingerprint density at radius 3 is 2.28 bits per heavy atom. The second-order valence-corrected chi connectivity index (χ2v) is 11.4. The number of benzene rings is 1. The topological polar surface area (TPSA) is 110 Å². The highest BCUT2D eigenvalue weighted by atomic mass is 32.1. The van der Waals surface area contributed by atoms with Crippen molar-refractivity contribution >= 4 is 28.3 Å². The van der Waals surface area contributed by atoms with Gasteiger partial charge in [-0.05, 0) is 45.0 Å². The molecule has 1 aromatic carbocycles. The molecule has 9 nitrogen and oxygen atoms in total. The lowest BCUT2D eigenvalue weighted by Gasteiger charge is -2.37. The molecule has 5 rings (SSSR count). The number of nitrogens with zero attached hydrogens (tertiary/aromatic N) is 5. The van der Waals surface area contributed by atoms with E-state index >= 15 is 0 Å². The number of hydrogen-bond acceptors (Lipinski definition) is 8. The quantitative estimate of drug-likeness (QED) is 0.337. The Morgan fingerprint density at radius 2 is 1.64 bits per heavy atom. The Bertz CT molecular complexity index is 1560. The number of fused-ring (bicyclic) bond motifs is 2. The second-order valence-electron chi connectivity index (χ2n) is 10.2. The van der Waals surface area contributed by atoms with Crippen molar-refractivity contribution in [3.8, 4) is 23.0 Å². The molecule has 0 aliphatic carbocycles. The van der Waals surface area contributed by atoms with Gasteiger partial charge in [0.05, 0.1) is 11.1 Å². The molecule has 200 valence electrons. The number of rotatable bonds is 6. The van der Waals surface area contributed by atoms with Crippen LogP contribution in [0.15, 0.2) is 48.5 Å². The van der Waals surface area contributed by atoms with Crippen molar-refractivity contribution in [2.24, 2.45) is 5.41 Å². The standard InChI is InChI=1S/C29H30N6O3S/c1-7-35(6)26(36)19-11-9-18(10-12-19)22-15-14-21-23(20-13-8-16(2)30-24(20)38-25(21)31-22)29(4,5)27(37)32-28-34-33-17(3)39-28/h8-15,23H,7H2,1-6H3,(H,32,34,37)/t23-/m0/s1. The zero-order chi connectivity index (χ0) is 27.9. The number of hydrogen-bond donors (Lipinski definition) is 1. The van der Waals surface area contributed by atoms with Gasteiger partial charge in [0.15, 0.2) is 0 Å². The number of aromatic nitrogens is 4. The van der Waals surface area contributed by atoms with Crippen LogP contribution in [0.5, 0.6) is 11.8 Å². The Morgan fingerprint density at radius 1 is 0.974 bits per heavy atom. The summed E-state index contributed by atoms with van der Waals surface area (Å²) in [4.78, 5) is 37.2. The van der Waals surface area contributed by atoms with Crippen LogP contribution in [0.1, 0.15) is 58.9 Å². The van der Waals surface area contributed by atoms with Crippen molar-refractivity contribution in [3.63, 3.8) is 0 Å². The molecule has 2 amide bonds. The maximum Gasteiger partial charge on any atom is 0.253 e. The average Bonchev–Trinajstić information content (AvgIpc) is 3.34. The van der Waals surface area contributed by atoms with Crippen molar-refractivity contribution in [3.05, 3.63) is 75.9 Å². The van der Waals surface area contributed by atoms with E-state index in [-0.39, 0.29) is 17.7 Å². The molecule has 1 N–H and O–H groups in total. The predicted molar refractivity (Wildman–Crippen MR) is 150 cm³/mol. The maximum atomic E-state index is 13.6. The third kappa shape index (κ3) is 4.99. The van der Waals surface area contributed by atoms with Crippen LogP contribution in [-0.4, -0.2) is 50.5 Å². The van der Waals surface area contributed by atoms with Crippen molar-refractivity contribution in [1.29, 1.82) is 0 Å². The smallest absolute Gasteiger partial charge is 0.253 e. The first-order valence-electron chi connectivity index (χ1n) is 12.7. The van der Waals surface area contributed by atoms with Crippen molar-refractivity contribution in [1.82, 2.24) is 25.1 Å². The lowest BCUT2D eigenvalue weighted by atomic mass is 9.70. The molecule has 0 unspecified atom stereocenters. The minimum absolute atomic E-state index is 0.0316. The largest absolute Gasteiger partial charge is 0.420 e. The van der Waals surface area contributed by atoms with Gasteiger partial charge in [-0.25, -0.2) is 9.97 Å². The fraction of sp³-hybridized carbons (Fsp3) is 0.310. The molecule has 0 radical (unpaired) electrons. The van der Waals surface area contributed by atoms with E-state index in [9.17, 15) is 9.59 Å². The average molecular weight is 543 g/mol. The van der Waals surface area contributed by atoms with Gasteiger partial charge in [0, 0.05) is 47.5 Å². The molecule has 3 aromatic heterocycles. The highest BCUT2D eigenvalue weighted by Crippen LogP contribution is 2.51. The van der Waals surface area contributed by atoms with Crippen molar-refractivity contribution < 1.29 is 14.3 Å². The molecule has 10 heteroatoms. The highest BCUT2D eigenvalue weighted by Gasteiger charge is 2.45. The van der Waals surface area contributed by atoms with E-state index in [0.717, 1.165) is 27.4 Å². The Balaban J connectivity index is 1.52. The highest BCUT2D eigenvalue weighted by molar-refractivity contribution is 7.15. The van der Waals surface area contributed by atoms with Gasteiger partial charge in [-0.15, -0.1) is 10.2 Å². The molecule has 0 saturated carbocycles. The maximum absolute atomic E-state index is 13.6. The van der Waals surface area contributed by atoms with Gasteiger partial charge in [-0.1, -0.05) is 49.4 Å². The molecular weight excluding hydrogens is 512 g/mol. The van der Waals surface area contributed by atoms with E-state index < -0.39 is 5.41 Å². The predicted octanol–water partition coefficient (Wildman–Crippen LogP) is 5.61. The van der Waals surface area contributed by atoms with E-state index in [1.54, 1.807) is 24.1 Å². The Kier molecular flexibility index (Phi) is 6.90. The number of carbonyl (C=O) groups excluding carboxylic acids is 2. The summed E-state index contributed by atoms with van der Waals surface area (Å²) in [5, 5.41) is 12.2. The summed E-state index contributed by atoms with van der Waals surface area (Å²) in [5.74, 6) is 0.250. The van der Waals surface area contributed by atoms with Gasteiger partial charge in [0.25, 0.3) is 5.91 Å². The van der Waals surface area contributed by atoms with Gasteiger partial charge in [-0.2, -0.15) is 0 Å². The molecule has 0 spiro atoms. The Labute approximate surface area is 231 Å². The van der Waals surface area contributed by atoms with Crippen LogP contribution < -0.4 is 10.1 Å². The molecule has 0 bridgehead atoms. The van der Waals surface area contributed by atoms with E-state index in [1.807, 2.05) is 71.0 Å². The van der Waals surface area contributed by atoms with E-state index in [2.05, 4.69) is 20.5 Å². The first kappa shape index (κ1) is 26.4. The fourth-order valence-electron chi connectivity index (χ4n) is 4.68. The van der Waals surface area contributed by atoms with Gasteiger partial charge < -0.3 is 15.0 Å². The lowest BCUT2D eigenvalue weighted by molar-refractivity contribution is -0.124. The van der Waals surface area contributed by atoms with Gasteiger partial charge in [0.1, 0.15) is 5.01 Å². The summed E-state index contributed by atoms with van der Waals surface area (Å²) in [6, 6.07) is 15.1. The third-order valence-electron chi connectivity index (χ3n) is 7.04. The summed E-state index contributed by atoms with van der Waals surface area (Å²) in [7, 11) is 1.78. The van der Waals surface area contributed by atoms with Crippen LogP contribution in [0, 0.1) is 19.3 Å². The minimum Gasteiger partial charge on any atom is -0.420 e. The fourth-order valence-corrected chi connectivity index (χ4v) is 5.27. The first-order valence-corrected chi connectivity index (χ1v) is 13.5. The van der Waals surface area contributed by atoms with Gasteiger partial charge in [-0.3, -0.25) is 9.59 Å². The van der Waals surface area contributed by atoms with Crippen LogP contribution in [0.2, 0.25) is 0 Å². The van der Waals surface area contributed by atoms with Crippen molar-refractivity contribution in [2.45, 2.75) is 40.5 Å². The number of ether oxygens (including phenoxy) is 1. The molecule has 1 aliphatic heterocycles. The zero-order valence-corrected chi connectivity index (χ0v) is 23.6. The van der Waals surface area contributed by atoms with Crippen LogP contribution in [0.3, 0.4) is 0 Å². The summed E-state index contributed by atoms with van der Waals surface area (Å²) >= 11 is 1.33. The van der Waals surface area contributed by atoms with Crippen LogP contribution in [0.25, 0.3) is 11.3 Å². The molecule has 4 aromatic rings.